The smallest absolute Gasteiger partial charge is 0.142 e. The maximum atomic E-state index is 5.81. The number of ether oxygens (including phenoxy) is 1. The summed E-state index contributed by atoms with van der Waals surface area (Å²) in [5.74, 6) is 0.919. The van der Waals surface area contributed by atoms with Crippen LogP contribution in [-0.2, 0) is 6.54 Å². The van der Waals surface area contributed by atoms with E-state index in [9.17, 15) is 0 Å². The van der Waals surface area contributed by atoms with Gasteiger partial charge in [-0.25, -0.2) is 0 Å². The highest BCUT2D eigenvalue weighted by molar-refractivity contribution is 5.29. The van der Waals surface area contributed by atoms with Crippen molar-refractivity contribution in [3.63, 3.8) is 0 Å². The molecule has 1 aromatic rings. The van der Waals surface area contributed by atoms with Crippen molar-refractivity contribution < 1.29 is 4.74 Å². The van der Waals surface area contributed by atoms with E-state index in [2.05, 4.69) is 31.1 Å². The molecule has 0 saturated heterocycles. The molecule has 0 aliphatic carbocycles. The highest BCUT2D eigenvalue weighted by Crippen LogP contribution is 2.17. The van der Waals surface area contributed by atoms with Crippen LogP contribution < -0.4 is 10.1 Å². The predicted molar refractivity (Wildman–Crippen MR) is 75.8 cm³/mol. The summed E-state index contributed by atoms with van der Waals surface area (Å²) < 4.78 is 5.81. The van der Waals surface area contributed by atoms with Crippen LogP contribution in [0.3, 0.4) is 0 Å². The Morgan fingerprint density at radius 2 is 2.11 bits per heavy atom. The number of aromatic nitrogens is 1. The van der Waals surface area contributed by atoms with Crippen molar-refractivity contribution in [2.24, 2.45) is 0 Å². The lowest BCUT2D eigenvalue weighted by atomic mass is 10.2. The number of hydrogen-bond acceptors (Lipinski definition) is 3. The molecule has 1 rings (SSSR count). The molecule has 0 amide bonds. The second-order valence-electron chi connectivity index (χ2n) is 4.93. The van der Waals surface area contributed by atoms with E-state index in [4.69, 9.17) is 4.74 Å². The van der Waals surface area contributed by atoms with Gasteiger partial charge < -0.3 is 10.1 Å². The van der Waals surface area contributed by atoms with E-state index >= 15 is 0 Å². The van der Waals surface area contributed by atoms with E-state index in [1.807, 2.05) is 18.5 Å². The molecule has 1 aromatic heterocycles. The third-order valence-electron chi connectivity index (χ3n) is 2.83. The Morgan fingerprint density at radius 1 is 1.28 bits per heavy atom. The Balaban J connectivity index is 2.38. The molecule has 0 spiro atoms. The summed E-state index contributed by atoms with van der Waals surface area (Å²) in [5.41, 5.74) is 1.19. The molecule has 0 atom stereocenters. The minimum Gasteiger partial charge on any atom is -0.492 e. The van der Waals surface area contributed by atoms with Crippen LogP contribution in [0.25, 0.3) is 0 Å². The summed E-state index contributed by atoms with van der Waals surface area (Å²) in [7, 11) is 0. The predicted octanol–water partition coefficient (Wildman–Crippen LogP) is 3.54. The number of unbranched alkanes of at least 4 members (excludes halogenated alkanes) is 3. The van der Waals surface area contributed by atoms with Crippen molar-refractivity contribution in [2.45, 2.75) is 59.0 Å². The Kier molecular flexibility index (Phi) is 7.42. The fraction of sp³-hybridized carbons (Fsp3) is 0.667. The maximum Gasteiger partial charge on any atom is 0.142 e. The SMILES string of the molecule is CCCCCCOc1cnccc1CNC(C)C. The third kappa shape index (κ3) is 6.01. The van der Waals surface area contributed by atoms with Crippen molar-refractivity contribution in [1.82, 2.24) is 10.3 Å². The van der Waals surface area contributed by atoms with Crippen LogP contribution in [0.2, 0.25) is 0 Å². The summed E-state index contributed by atoms with van der Waals surface area (Å²) in [6.45, 7) is 8.14. The van der Waals surface area contributed by atoms with Crippen molar-refractivity contribution >= 4 is 0 Å². The van der Waals surface area contributed by atoms with Gasteiger partial charge in [0.15, 0.2) is 0 Å². The van der Waals surface area contributed by atoms with Crippen LogP contribution in [0.4, 0.5) is 0 Å². The number of rotatable bonds is 9. The first-order chi connectivity index (χ1) is 8.74. The number of hydrogen-bond donors (Lipinski definition) is 1. The monoisotopic (exact) mass is 250 g/mol. The largest absolute Gasteiger partial charge is 0.492 e. The lowest BCUT2D eigenvalue weighted by Gasteiger charge is -2.13. The standard InChI is InChI=1S/C15H26N2O/c1-4-5-6-7-10-18-15-12-16-9-8-14(15)11-17-13(2)3/h8-9,12-13,17H,4-7,10-11H2,1-3H3. The second kappa shape index (κ2) is 8.92. The first-order valence-corrected chi connectivity index (χ1v) is 7.03. The Morgan fingerprint density at radius 3 is 2.83 bits per heavy atom. The number of pyridine rings is 1. The third-order valence-corrected chi connectivity index (χ3v) is 2.83. The summed E-state index contributed by atoms with van der Waals surface area (Å²) >= 11 is 0. The first-order valence-electron chi connectivity index (χ1n) is 7.03. The molecule has 0 bridgehead atoms. The van der Waals surface area contributed by atoms with E-state index in [0.717, 1.165) is 25.3 Å². The van der Waals surface area contributed by atoms with E-state index in [1.165, 1.54) is 24.8 Å². The van der Waals surface area contributed by atoms with Gasteiger partial charge in [-0.3, -0.25) is 4.98 Å². The van der Waals surface area contributed by atoms with Gasteiger partial charge in [-0.2, -0.15) is 0 Å². The molecule has 0 radical (unpaired) electrons. The molecule has 0 aliphatic rings. The fourth-order valence-electron chi connectivity index (χ4n) is 1.71. The van der Waals surface area contributed by atoms with Gasteiger partial charge in [0.1, 0.15) is 5.75 Å². The molecule has 0 fully saturated rings. The molecule has 3 heteroatoms. The van der Waals surface area contributed by atoms with Gasteiger partial charge in [0.25, 0.3) is 0 Å². The average Bonchev–Trinajstić information content (AvgIpc) is 2.37. The summed E-state index contributed by atoms with van der Waals surface area (Å²) in [5, 5.41) is 3.41. The van der Waals surface area contributed by atoms with Gasteiger partial charge in [0, 0.05) is 24.3 Å². The lowest BCUT2D eigenvalue weighted by Crippen LogP contribution is -2.22. The van der Waals surface area contributed by atoms with E-state index in [0.29, 0.717) is 6.04 Å². The number of nitrogens with zero attached hydrogens (tertiary/aromatic N) is 1. The fourth-order valence-corrected chi connectivity index (χ4v) is 1.71. The topological polar surface area (TPSA) is 34.1 Å². The Hall–Kier alpha value is -1.09. The molecule has 1 heterocycles. The Labute approximate surface area is 111 Å². The average molecular weight is 250 g/mol. The van der Waals surface area contributed by atoms with Gasteiger partial charge in [-0.05, 0) is 12.5 Å². The molecule has 3 nitrogen and oxygen atoms in total. The highest BCUT2D eigenvalue weighted by atomic mass is 16.5. The molecule has 102 valence electrons. The summed E-state index contributed by atoms with van der Waals surface area (Å²) in [6, 6.07) is 2.51. The maximum absolute atomic E-state index is 5.81. The van der Waals surface area contributed by atoms with Crippen LogP contribution >= 0.6 is 0 Å². The zero-order valence-corrected chi connectivity index (χ0v) is 11.9. The van der Waals surface area contributed by atoms with Crippen molar-refractivity contribution in [3.8, 4) is 5.75 Å². The minimum absolute atomic E-state index is 0.482. The van der Waals surface area contributed by atoms with Crippen molar-refractivity contribution in [2.75, 3.05) is 6.61 Å². The van der Waals surface area contributed by atoms with Crippen molar-refractivity contribution in [1.29, 1.82) is 0 Å². The van der Waals surface area contributed by atoms with Gasteiger partial charge in [-0.1, -0.05) is 40.0 Å². The molecule has 0 saturated carbocycles. The van der Waals surface area contributed by atoms with E-state index < -0.39 is 0 Å². The quantitative estimate of drug-likeness (QED) is 0.681. The van der Waals surface area contributed by atoms with Crippen LogP contribution in [0, 0.1) is 0 Å². The molecule has 0 aromatic carbocycles. The molecule has 18 heavy (non-hydrogen) atoms. The Bertz CT molecular complexity index is 326. The highest BCUT2D eigenvalue weighted by Gasteiger charge is 2.04. The molecular formula is C15H26N2O. The summed E-state index contributed by atoms with van der Waals surface area (Å²) in [6.07, 6.45) is 8.56. The normalized spacial score (nSPS) is 10.9. The van der Waals surface area contributed by atoms with Crippen molar-refractivity contribution in [3.05, 3.63) is 24.0 Å². The van der Waals surface area contributed by atoms with Crippen LogP contribution in [-0.4, -0.2) is 17.6 Å². The summed E-state index contributed by atoms with van der Waals surface area (Å²) in [4.78, 5) is 4.13. The van der Waals surface area contributed by atoms with Crippen LogP contribution in [0.1, 0.15) is 52.0 Å². The van der Waals surface area contributed by atoms with Crippen LogP contribution in [0.5, 0.6) is 5.75 Å². The van der Waals surface area contributed by atoms with E-state index in [-0.39, 0.29) is 0 Å². The first kappa shape index (κ1) is 15.0. The zero-order valence-electron chi connectivity index (χ0n) is 11.9. The van der Waals surface area contributed by atoms with E-state index in [1.54, 1.807) is 0 Å². The molecule has 1 N–H and O–H groups in total. The van der Waals surface area contributed by atoms with Gasteiger partial charge >= 0.3 is 0 Å². The lowest BCUT2D eigenvalue weighted by molar-refractivity contribution is 0.300. The van der Waals surface area contributed by atoms with Gasteiger partial charge in [0.2, 0.25) is 0 Å². The second-order valence-corrected chi connectivity index (χ2v) is 4.93. The molecule has 0 aliphatic heterocycles. The van der Waals surface area contributed by atoms with Gasteiger partial charge in [0.05, 0.1) is 12.8 Å². The molecular weight excluding hydrogens is 224 g/mol. The molecule has 0 unspecified atom stereocenters. The zero-order chi connectivity index (χ0) is 13.2. The van der Waals surface area contributed by atoms with Gasteiger partial charge in [-0.15, -0.1) is 0 Å². The minimum atomic E-state index is 0.482. The van der Waals surface area contributed by atoms with Crippen LogP contribution in [0.15, 0.2) is 18.5 Å². The number of nitrogens with one attached hydrogen (secondary N) is 1.